The third-order valence-corrected chi connectivity index (χ3v) is 2.13. The van der Waals surface area contributed by atoms with Gasteiger partial charge < -0.3 is 9.63 Å². The monoisotopic (exact) mass is 241 g/mol. The summed E-state index contributed by atoms with van der Waals surface area (Å²) in [5, 5.41) is 12.9. The van der Waals surface area contributed by atoms with Gasteiger partial charge in [-0.2, -0.15) is 0 Å². The van der Waals surface area contributed by atoms with E-state index in [0.717, 1.165) is 0 Å². The summed E-state index contributed by atoms with van der Waals surface area (Å²) >= 11 is 3.19. The quantitative estimate of drug-likeness (QED) is 0.833. The normalized spacial score (nSPS) is 10.5. The van der Waals surface area contributed by atoms with Crippen molar-refractivity contribution >= 4 is 32.9 Å². The molecule has 4 nitrogen and oxygen atoms in total. The van der Waals surface area contributed by atoms with Gasteiger partial charge in [-0.1, -0.05) is 21.1 Å². The minimum atomic E-state index is -0.991. The summed E-state index contributed by atoms with van der Waals surface area (Å²) in [5.41, 5.74) is 0.650. The topological polar surface area (TPSA) is 63.3 Å². The van der Waals surface area contributed by atoms with E-state index in [1.807, 2.05) is 0 Å². The Labute approximate surface area is 81.3 Å². The highest BCUT2D eigenvalue weighted by Gasteiger charge is 2.12. The predicted molar refractivity (Wildman–Crippen MR) is 48.7 cm³/mol. The van der Waals surface area contributed by atoms with E-state index in [2.05, 4.69) is 21.1 Å². The van der Waals surface area contributed by atoms with E-state index in [-0.39, 0.29) is 5.56 Å². The maximum absolute atomic E-state index is 10.8. The first-order valence-electron chi connectivity index (χ1n) is 3.45. The van der Waals surface area contributed by atoms with Crippen LogP contribution in [0.2, 0.25) is 0 Å². The first-order valence-corrected chi connectivity index (χ1v) is 4.25. The van der Waals surface area contributed by atoms with Crippen molar-refractivity contribution < 1.29 is 14.4 Å². The van der Waals surface area contributed by atoms with Gasteiger partial charge in [0.15, 0.2) is 5.58 Å². The van der Waals surface area contributed by atoms with Gasteiger partial charge in [-0.3, -0.25) is 0 Å². The zero-order valence-electron chi connectivity index (χ0n) is 6.32. The molecule has 0 aliphatic rings. The molecule has 0 saturated carbocycles. The zero-order chi connectivity index (χ0) is 9.42. The fraction of sp³-hybridized carbons (Fsp3) is 0. The maximum Gasteiger partial charge on any atom is 0.336 e. The minimum absolute atomic E-state index is 0.186. The van der Waals surface area contributed by atoms with E-state index in [1.54, 1.807) is 6.07 Å². The Hall–Kier alpha value is -1.36. The average Bonchev–Trinajstić information content (AvgIpc) is 2.49. The number of carboxylic acids is 1. The summed E-state index contributed by atoms with van der Waals surface area (Å²) in [4.78, 5) is 10.8. The first-order chi connectivity index (χ1) is 6.18. The molecule has 0 radical (unpaired) electrons. The Kier molecular flexibility index (Phi) is 1.81. The highest BCUT2D eigenvalue weighted by molar-refractivity contribution is 9.10. The van der Waals surface area contributed by atoms with E-state index in [4.69, 9.17) is 9.63 Å². The van der Waals surface area contributed by atoms with Crippen LogP contribution in [0, 0.1) is 0 Å². The second-order valence-electron chi connectivity index (χ2n) is 2.50. The van der Waals surface area contributed by atoms with Crippen molar-refractivity contribution in [1.82, 2.24) is 5.16 Å². The molecule has 0 unspecified atom stereocenters. The van der Waals surface area contributed by atoms with Gasteiger partial charge in [0.05, 0.1) is 17.1 Å². The lowest BCUT2D eigenvalue weighted by Gasteiger charge is -1.95. The fourth-order valence-corrected chi connectivity index (χ4v) is 1.55. The lowest BCUT2D eigenvalue weighted by Crippen LogP contribution is -1.96. The molecule has 0 fully saturated rings. The zero-order valence-corrected chi connectivity index (χ0v) is 7.91. The molecule has 0 amide bonds. The molecule has 1 aromatic carbocycles. The third-order valence-electron chi connectivity index (χ3n) is 1.67. The number of aromatic carboxylic acids is 1. The third kappa shape index (κ3) is 1.31. The van der Waals surface area contributed by atoms with Gasteiger partial charge in [-0.15, -0.1) is 0 Å². The van der Waals surface area contributed by atoms with Gasteiger partial charge >= 0.3 is 5.97 Å². The number of halogens is 1. The van der Waals surface area contributed by atoms with Crippen LogP contribution >= 0.6 is 15.9 Å². The number of carboxylic acid groups (broad SMARTS) is 1. The molecule has 5 heteroatoms. The summed E-state index contributed by atoms with van der Waals surface area (Å²) < 4.78 is 5.51. The number of carbonyl (C=O) groups is 1. The van der Waals surface area contributed by atoms with Crippen molar-refractivity contribution in [2.75, 3.05) is 0 Å². The van der Waals surface area contributed by atoms with Crippen LogP contribution in [-0.2, 0) is 0 Å². The first kappa shape index (κ1) is 8.25. The second kappa shape index (κ2) is 2.85. The van der Waals surface area contributed by atoms with Crippen LogP contribution in [0.3, 0.4) is 0 Å². The van der Waals surface area contributed by atoms with Crippen LogP contribution in [0.5, 0.6) is 0 Å². The molecule has 0 aliphatic carbocycles. The Morgan fingerprint density at radius 3 is 3.00 bits per heavy atom. The highest BCUT2D eigenvalue weighted by atomic mass is 79.9. The molecule has 2 aromatic rings. The van der Waals surface area contributed by atoms with Crippen LogP contribution in [0.4, 0.5) is 0 Å². The van der Waals surface area contributed by atoms with Crippen molar-refractivity contribution in [3.63, 3.8) is 0 Å². The largest absolute Gasteiger partial charge is 0.478 e. The Bertz CT molecular complexity index is 477. The van der Waals surface area contributed by atoms with Crippen LogP contribution in [-0.4, -0.2) is 16.2 Å². The summed E-state index contributed by atoms with van der Waals surface area (Å²) in [6, 6.07) is 3.19. The van der Waals surface area contributed by atoms with Crippen LogP contribution in [0.25, 0.3) is 11.0 Å². The summed E-state index contributed by atoms with van der Waals surface area (Å²) in [5.74, 6) is -0.991. The molecule has 1 N–H and O–H groups in total. The Balaban J connectivity index is 2.84. The van der Waals surface area contributed by atoms with Gasteiger partial charge in [0.2, 0.25) is 0 Å². The van der Waals surface area contributed by atoms with Crippen LogP contribution < -0.4 is 0 Å². The molecule has 1 heterocycles. The molecule has 0 saturated heterocycles. The molecule has 2 rings (SSSR count). The number of fused-ring (bicyclic) bond motifs is 1. The molecular formula is C8H4BrNO3. The Morgan fingerprint density at radius 1 is 1.54 bits per heavy atom. The molecule has 13 heavy (non-hydrogen) atoms. The van der Waals surface area contributed by atoms with E-state index < -0.39 is 5.97 Å². The van der Waals surface area contributed by atoms with Crippen LogP contribution in [0.1, 0.15) is 10.4 Å². The second-order valence-corrected chi connectivity index (χ2v) is 3.41. The summed E-state index contributed by atoms with van der Waals surface area (Å²) in [7, 11) is 0. The summed E-state index contributed by atoms with van der Waals surface area (Å²) in [6.07, 6.45) is 1.39. The van der Waals surface area contributed by atoms with E-state index in [9.17, 15) is 4.79 Å². The van der Waals surface area contributed by atoms with Gasteiger partial charge in [0.1, 0.15) is 0 Å². The summed E-state index contributed by atoms with van der Waals surface area (Å²) in [6.45, 7) is 0. The number of benzene rings is 1. The maximum atomic E-state index is 10.8. The predicted octanol–water partition coefficient (Wildman–Crippen LogP) is 2.29. The van der Waals surface area contributed by atoms with E-state index >= 15 is 0 Å². The van der Waals surface area contributed by atoms with Crippen molar-refractivity contribution in [2.24, 2.45) is 0 Å². The number of hydrogen-bond acceptors (Lipinski definition) is 3. The number of nitrogens with zero attached hydrogens (tertiary/aromatic N) is 1. The molecule has 0 bridgehead atoms. The standard InChI is InChI=1S/C8H4BrNO3/c9-4-1-5(8(11)12)6-3-10-13-7(6)2-4/h1-3H,(H,11,12). The Morgan fingerprint density at radius 2 is 2.31 bits per heavy atom. The highest BCUT2D eigenvalue weighted by Crippen LogP contribution is 2.23. The van der Waals surface area contributed by atoms with Crippen molar-refractivity contribution in [1.29, 1.82) is 0 Å². The lowest BCUT2D eigenvalue weighted by molar-refractivity contribution is 0.0699. The smallest absolute Gasteiger partial charge is 0.336 e. The van der Waals surface area contributed by atoms with Gasteiger partial charge in [-0.25, -0.2) is 4.79 Å². The number of hydrogen-bond donors (Lipinski definition) is 1. The van der Waals surface area contributed by atoms with Gasteiger partial charge in [0, 0.05) is 4.47 Å². The van der Waals surface area contributed by atoms with Crippen molar-refractivity contribution in [3.8, 4) is 0 Å². The lowest BCUT2D eigenvalue weighted by atomic mass is 10.1. The molecule has 0 aliphatic heterocycles. The van der Waals surface area contributed by atoms with Gasteiger partial charge in [0.25, 0.3) is 0 Å². The number of aromatic nitrogens is 1. The van der Waals surface area contributed by atoms with E-state index in [0.29, 0.717) is 15.4 Å². The van der Waals surface area contributed by atoms with Crippen LogP contribution in [0.15, 0.2) is 27.3 Å². The molecule has 66 valence electrons. The molecule has 1 aromatic heterocycles. The fourth-order valence-electron chi connectivity index (χ4n) is 1.11. The minimum Gasteiger partial charge on any atom is -0.478 e. The number of rotatable bonds is 1. The van der Waals surface area contributed by atoms with E-state index in [1.165, 1.54) is 12.3 Å². The van der Waals surface area contributed by atoms with Crippen molar-refractivity contribution in [3.05, 3.63) is 28.4 Å². The van der Waals surface area contributed by atoms with Crippen molar-refractivity contribution in [2.45, 2.75) is 0 Å². The SMILES string of the molecule is O=C(O)c1cc(Br)cc2oncc12. The molecular weight excluding hydrogens is 238 g/mol. The molecule has 0 spiro atoms. The average molecular weight is 242 g/mol. The van der Waals surface area contributed by atoms with Gasteiger partial charge in [-0.05, 0) is 12.1 Å². The molecule has 0 atom stereocenters.